The van der Waals surface area contributed by atoms with Gasteiger partial charge >= 0.3 is 0 Å². The highest BCUT2D eigenvalue weighted by Gasteiger charge is 2.18. The molecule has 0 aromatic carbocycles. The minimum absolute atomic E-state index is 0.559. The first-order valence-electron chi connectivity index (χ1n) is 5.72. The van der Waals surface area contributed by atoms with Gasteiger partial charge in [-0.3, -0.25) is 4.90 Å². The number of nitrogens with zero attached hydrogens (tertiary/aromatic N) is 1. The minimum atomic E-state index is -0.559. The predicted octanol–water partition coefficient (Wildman–Crippen LogP) is 3.24. The van der Waals surface area contributed by atoms with Gasteiger partial charge in [-0.1, -0.05) is 6.92 Å². The molecule has 0 amide bonds. The molecule has 1 fully saturated rings. The molecule has 2 heterocycles. The van der Waals surface area contributed by atoms with Gasteiger partial charge in [0.1, 0.15) is 6.17 Å². The quantitative estimate of drug-likeness (QED) is 0.766. The summed E-state index contributed by atoms with van der Waals surface area (Å²) in [7, 11) is 0. The van der Waals surface area contributed by atoms with Gasteiger partial charge in [-0.25, -0.2) is 4.39 Å². The van der Waals surface area contributed by atoms with Gasteiger partial charge in [-0.15, -0.1) is 11.3 Å². The highest BCUT2D eigenvalue weighted by Crippen LogP contribution is 2.21. The number of hydrogen-bond donors (Lipinski definition) is 0. The minimum Gasteiger partial charge on any atom is -0.298 e. The van der Waals surface area contributed by atoms with E-state index >= 15 is 0 Å². The van der Waals surface area contributed by atoms with Crippen LogP contribution in [0.25, 0.3) is 0 Å². The lowest BCUT2D eigenvalue weighted by atomic mass is 10.1. The zero-order valence-electron chi connectivity index (χ0n) is 9.21. The van der Waals surface area contributed by atoms with E-state index in [9.17, 15) is 4.39 Å². The van der Waals surface area contributed by atoms with Crippen molar-refractivity contribution < 1.29 is 4.39 Å². The lowest BCUT2D eigenvalue weighted by Gasteiger charge is -2.27. The van der Waals surface area contributed by atoms with Crippen LogP contribution in [-0.4, -0.2) is 24.2 Å². The van der Waals surface area contributed by atoms with Crippen molar-refractivity contribution in [2.75, 3.05) is 13.1 Å². The van der Waals surface area contributed by atoms with Crippen LogP contribution in [0.3, 0.4) is 0 Å². The molecule has 0 aliphatic carbocycles. The molecular formula is C12H18FNS. The van der Waals surface area contributed by atoms with Crippen molar-refractivity contribution >= 4 is 11.3 Å². The Balaban J connectivity index is 1.86. The number of hydrogen-bond acceptors (Lipinski definition) is 2. The van der Waals surface area contributed by atoms with Crippen LogP contribution in [0.1, 0.15) is 29.5 Å². The van der Waals surface area contributed by atoms with Crippen LogP contribution in [0, 0.1) is 0 Å². The monoisotopic (exact) mass is 227 g/mol. The predicted molar refractivity (Wildman–Crippen MR) is 63.1 cm³/mol. The van der Waals surface area contributed by atoms with Gasteiger partial charge in [0.2, 0.25) is 0 Å². The third-order valence-corrected chi connectivity index (χ3v) is 4.18. The van der Waals surface area contributed by atoms with Gasteiger partial charge in [0, 0.05) is 29.4 Å². The molecule has 0 spiro atoms. The fraction of sp³-hybridized carbons (Fsp3) is 0.667. The maximum atomic E-state index is 12.9. The second kappa shape index (κ2) is 5.08. The number of alkyl halides is 1. The van der Waals surface area contributed by atoms with E-state index in [1.807, 2.05) is 11.3 Å². The van der Waals surface area contributed by atoms with Crippen molar-refractivity contribution in [2.24, 2.45) is 0 Å². The van der Waals surface area contributed by atoms with Crippen LogP contribution in [0.5, 0.6) is 0 Å². The largest absolute Gasteiger partial charge is 0.298 e. The molecule has 1 saturated heterocycles. The molecule has 1 aliphatic rings. The summed E-state index contributed by atoms with van der Waals surface area (Å²) in [5.41, 5.74) is 0. The summed E-state index contributed by atoms with van der Waals surface area (Å²) in [5.74, 6) is 0. The highest BCUT2D eigenvalue weighted by molar-refractivity contribution is 7.11. The smallest absolute Gasteiger partial charge is 0.103 e. The molecule has 84 valence electrons. The van der Waals surface area contributed by atoms with Crippen LogP contribution >= 0.6 is 11.3 Å². The Morgan fingerprint density at radius 2 is 2.00 bits per heavy atom. The Bertz CT molecular complexity index is 302. The van der Waals surface area contributed by atoms with E-state index in [0.29, 0.717) is 12.8 Å². The molecule has 1 aliphatic heterocycles. The SMILES string of the molecule is CCc1ccc(CN2CCC(F)CC2)s1. The molecule has 2 rings (SSSR count). The third-order valence-electron chi connectivity index (χ3n) is 2.96. The van der Waals surface area contributed by atoms with Crippen LogP contribution in [-0.2, 0) is 13.0 Å². The molecule has 15 heavy (non-hydrogen) atoms. The van der Waals surface area contributed by atoms with Gasteiger partial charge in [0.15, 0.2) is 0 Å². The normalized spacial score (nSPS) is 19.6. The second-order valence-electron chi connectivity index (χ2n) is 4.17. The molecule has 1 aromatic heterocycles. The van der Waals surface area contributed by atoms with Crippen LogP contribution < -0.4 is 0 Å². The van der Waals surface area contributed by atoms with Crippen molar-refractivity contribution in [2.45, 2.75) is 38.9 Å². The fourth-order valence-electron chi connectivity index (χ4n) is 1.98. The number of likely N-dealkylation sites (tertiary alicyclic amines) is 1. The Morgan fingerprint density at radius 1 is 1.33 bits per heavy atom. The van der Waals surface area contributed by atoms with E-state index in [1.54, 1.807) is 0 Å². The Morgan fingerprint density at radius 3 is 2.60 bits per heavy atom. The number of rotatable bonds is 3. The van der Waals surface area contributed by atoms with Crippen molar-refractivity contribution in [1.29, 1.82) is 0 Å². The highest BCUT2D eigenvalue weighted by atomic mass is 32.1. The topological polar surface area (TPSA) is 3.24 Å². The summed E-state index contributed by atoms with van der Waals surface area (Å²) < 4.78 is 12.9. The summed E-state index contributed by atoms with van der Waals surface area (Å²) in [4.78, 5) is 5.23. The van der Waals surface area contributed by atoms with Crippen LogP contribution in [0.2, 0.25) is 0 Å². The van der Waals surface area contributed by atoms with Crippen molar-refractivity contribution in [1.82, 2.24) is 4.90 Å². The summed E-state index contributed by atoms with van der Waals surface area (Å²) >= 11 is 1.89. The second-order valence-corrected chi connectivity index (χ2v) is 5.43. The maximum absolute atomic E-state index is 12.9. The number of thiophene rings is 1. The lowest BCUT2D eigenvalue weighted by molar-refractivity contribution is 0.146. The molecule has 3 heteroatoms. The molecule has 0 saturated carbocycles. The molecule has 0 N–H and O–H groups in total. The molecule has 1 aromatic rings. The first kappa shape index (κ1) is 11.1. The van der Waals surface area contributed by atoms with Gasteiger partial charge in [-0.05, 0) is 31.4 Å². The van der Waals surface area contributed by atoms with E-state index in [-0.39, 0.29) is 0 Å². The Hall–Kier alpha value is -0.410. The molecule has 1 nitrogen and oxygen atoms in total. The zero-order chi connectivity index (χ0) is 10.7. The van der Waals surface area contributed by atoms with Gasteiger partial charge in [-0.2, -0.15) is 0 Å². The van der Waals surface area contributed by atoms with E-state index in [0.717, 1.165) is 26.1 Å². The van der Waals surface area contributed by atoms with E-state index in [2.05, 4.69) is 24.0 Å². The van der Waals surface area contributed by atoms with Gasteiger partial charge in [0.25, 0.3) is 0 Å². The first-order chi connectivity index (χ1) is 7.28. The summed E-state index contributed by atoms with van der Waals surface area (Å²) in [6, 6.07) is 4.42. The average Bonchev–Trinajstić information content (AvgIpc) is 2.69. The summed E-state index contributed by atoms with van der Waals surface area (Å²) in [6.07, 6.45) is 1.99. The van der Waals surface area contributed by atoms with Crippen LogP contribution in [0.15, 0.2) is 12.1 Å². The van der Waals surface area contributed by atoms with Gasteiger partial charge in [0.05, 0.1) is 0 Å². The fourth-order valence-corrected chi connectivity index (χ4v) is 2.98. The zero-order valence-corrected chi connectivity index (χ0v) is 10.0. The summed E-state index contributed by atoms with van der Waals surface area (Å²) in [5, 5.41) is 0. The lowest BCUT2D eigenvalue weighted by Crippen LogP contribution is -2.33. The third kappa shape index (κ3) is 3.02. The maximum Gasteiger partial charge on any atom is 0.103 e. The number of aryl methyl sites for hydroxylation is 1. The molecule has 0 radical (unpaired) electrons. The van der Waals surface area contributed by atoms with Crippen molar-refractivity contribution in [3.8, 4) is 0 Å². The molecular weight excluding hydrogens is 209 g/mol. The van der Waals surface area contributed by atoms with E-state index < -0.39 is 6.17 Å². The van der Waals surface area contributed by atoms with Gasteiger partial charge < -0.3 is 0 Å². The molecule has 0 atom stereocenters. The standard InChI is InChI=1S/C12H18FNS/c1-2-11-3-4-12(15-11)9-14-7-5-10(13)6-8-14/h3-4,10H,2,5-9H2,1H3. The summed E-state index contributed by atoms with van der Waals surface area (Å²) in [6.45, 7) is 5.03. The van der Waals surface area contributed by atoms with Crippen molar-refractivity contribution in [3.05, 3.63) is 21.9 Å². The first-order valence-corrected chi connectivity index (χ1v) is 6.53. The Kier molecular flexibility index (Phi) is 3.76. The van der Waals surface area contributed by atoms with E-state index in [4.69, 9.17) is 0 Å². The average molecular weight is 227 g/mol. The van der Waals surface area contributed by atoms with Crippen molar-refractivity contribution in [3.63, 3.8) is 0 Å². The van der Waals surface area contributed by atoms with Crippen LogP contribution in [0.4, 0.5) is 4.39 Å². The number of halogens is 1. The number of piperidine rings is 1. The Labute approximate surface area is 94.9 Å². The molecule has 0 bridgehead atoms. The molecule has 0 unspecified atom stereocenters. The van der Waals surface area contributed by atoms with E-state index in [1.165, 1.54) is 9.75 Å².